The predicted molar refractivity (Wildman–Crippen MR) is 107 cm³/mol. The van der Waals surface area contributed by atoms with E-state index in [1.807, 2.05) is 18.2 Å². The number of nitrogens with one attached hydrogen (secondary N) is 1. The number of hydrogen-bond donors (Lipinski definition) is 2. The zero-order valence-electron chi connectivity index (χ0n) is 15.3. The fourth-order valence-corrected chi connectivity index (χ4v) is 2.89. The van der Waals surface area contributed by atoms with Gasteiger partial charge < -0.3 is 15.8 Å². The van der Waals surface area contributed by atoms with Crippen molar-refractivity contribution >= 4 is 24.0 Å². The third-order valence-electron chi connectivity index (χ3n) is 4.55. The van der Waals surface area contributed by atoms with E-state index in [-0.39, 0.29) is 18.3 Å². The van der Waals surface area contributed by atoms with Crippen molar-refractivity contribution in [2.45, 2.75) is 25.3 Å². The number of benzene rings is 2. The normalized spacial score (nSPS) is 12.9. The second-order valence-electron chi connectivity index (χ2n) is 6.46. The first-order chi connectivity index (χ1) is 13.2. The Kier molecular flexibility index (Phi) is 5.91. The Labute approximate surface area is 168 Å². The molecule has 8 nitrogen and oxygen atoms in total. The molecule has 3 N–H and O–H groups in total. The monoisotopic (exact) mass is 400 g/mol. The van der Waals surface area contributed by atoms with Crippen LogP contribution in [0.2, 0.25) is 0 Å². The van der Waals surface area contributed by atoms with Crippen LogP contribution in [-0.2, 0) is 6.54 Å². The van der Waals surface area contributed by atoms with Crippen molar-refractivity contribution in [2.75, 3.05) is 12.4 Å². The van der Waals surface area contributed by atoms with Gasteiger partial charge in [0.25, 0.3) is 5.91 Å². The Bertz CT molecular complexity index is 969. The van der Waals surface area contributed by atoms with Gasteiger partial charge in [-0.1, -0.05) is 12.1 Å². The van der Waals surface area contributed by atoms with Gasteiger partial charge in [0.05, 0.1) is 7.11 Å². The summed E-state index contributed by atoms with van der Waals surface area (Å²) in [6.45, 7) is 0.443. The number of rotatable bonds is 6. The summed E-state index contributed by atoms with van der Waals surface area (Å²) in [5.41, 5.74) is 8.46. The van der Waals surface area contributed by atoms with Gasteiger partial charge in [0.2, 0.25) is 0 Å². The van der Waals surface area contributed by atoms with E-state index in [1.54, 1.807) is 36.1 Å². The van der Waals surface area contributed by atoms with E-state index < -0.39 is 0 Å². The zero-order valence-corrected chi connectivity index (χ0v) is 16.1. The summed E-state index contributed by atoms with van der Waals surface area (Å²) < 4.78 is 7.14. The molecule has 0 bridgehead atoms. The molecular weight excluding hydrogens is 380 g/mol. The molecule has 1 aliphatic rings. The Balaban J connectivity index is 0.00000225. The van der Waals surface area contributed by atoms with Crippen LogP contribution in [0.15, 0.2) is 42.5 Å². The molecule has 0 atom stereocenters. The van der Waals surface area contributed by atoms with Crippen molar-refractivity contribution in [1.29, 1.82) is 0 Å². The molecule has 1 aromatic heterocycles. The Hall–Kier alpha value is -2.97. The molecule has 0 saturated heterocycles. The maximum absolute atomic E-state index is 12.5. The molecule has 4 rings (SSSR count). The van der Waals surface area contributed by atoms with Crippen LogP contribution in [0.1, 0.15) is 40.5 Å². The molecule has 0 aliphatic heterocycles. The Morgan fingerprint density at radius 3 is 2.64 bits per heavy atom. The van der Waals surface area contributed by atoms with Gasteiger partial charge in [0.15, 0.2) is 5.82 Å². The van der Waals surface area contributed by atoms with E-state index in [2.05, 4.69) is 20.8 Å². The fourth-order valence-electron chi connectivity index (χ4n) is 2.89. The lowest BCUT2D eigenvalue weighted by atomic mass is 10.1. The van der Waals surface area contributed by atoms with E-state index in [9.17, 15) is 4.79 Å². The van der Waals surface area contributed by atoms with Gasteiger partial charge in [-0.2, -0.15) is 4.68 Å². The minimum atomic E-state index is -0.200. The van der Waals surface area contributed by atoms with E-state index in [4.69, 9.17) is 10.5 Å². The molecular formula is C19H21ClN6O2. The molecule has 0 radical (unpaired) electrons. The fraction of sp³-hybridized carbons (Fsp3) is 0.263. The van der Waals surface area contributed by atoms with Crippen molar-refractivity contribution in [1.82, 2.24) is 20.2 Å². The number of methoxy groups -OCH3 is 1. The Morgan fingerprint density at radius 1 is 1.25 bits per heavy atom. The van der Waals surface area contributed by atoms with Gasteiger partial charge in [-0.15, -0.1) is 17.5 Å². The lowest BCUT2D eigenvalue weighted by Crippen LogP contribution is -2.13. The summed E-state index contributed by atoms with van der Waals surface area (Å²) in [6, 6.07) is 12.6. The number of nitrogens with two attached hydrogens (primary N) is 1. The van der Waals surface area contributed by atoms with Crippen LogP contribution in [0.4, 0.5) is 5.69 Å². The molecule has 28 heavy (non-hydrogen) atoms. The van der Waals surface area contributed by atoms with Crippen molar-refractivity contribution in [3.63, 3.8) is 0 Å². The first-order valence-electron chi connectivity index (χ1n) is 8.76. The van der Waals surface area contributed by atoms with Crippen molar-refractivity contribution in [3.05, 3.63) is 59.4 Å². The molecule has 1 fully saturated rings. The first kappa shape index (κ1) is 19.8. The molecule has 1 heterocycles. The van der Waals surface area contributed by atoms with E-state index in [0.717, 1.165) is 24.2 Å². The summed E-state index contributed by atoms with van der Waals surface area (Å²) in [5.74, 6) is 1.63. The van der Waals surface area contributed by atoms with Gasteiger partial charge in [-0.05, 0) is 59.2 Å². The minimum absolute atomic E-state index is 0. The van der Waals surface area contributed by atoms with Crippen molar-refractivity contribution < 1.29 is 9.53 Å². The summed E-state index contributed by atoms with van der Waals surface area (Å²) in [5, 5.41) is 14.9. The number of carbonyl (C=O) groups excluding carboxylic acids is 1. The van der Waals surface area contributed by atoms with Crippen LogP contribution < -0.4 is 15.8 Å². The van der Waals surface area contributed by atoms with Crippen LogP contribution in [0.5, 0.6) is 5.75 Å². The molecule has 146 valence electrons. The topological polar surface area (TPSA) is 108 Å². The van der Waals surface area contributed by atoms with Gasteiger partial charge in [-0.25, -0.2) is 0 Å². The highest BCUT2D eigenvalue weighted by molar-refractivity contribution is 6.04. The summed E-state index contributed by atoms with van der Waals surface area (Å²) in [4.78, 5) is 12.5. The highest BCUT2D eigenvalue weighted by Gasteiger charge is 2.30. The maximum atomic E-state index is 12.5. The van der Waals surface area contributed by atoms with Crippen LogP contribution in [0.25, 0.3) is 5.69 Å². The second-order valence-corrected chi connectivity index (χ2v) is 6.46. The number of amides is 1. The number of carbonyl (C=O) groups is 1. The largest absolute Gasteiger partial charge is 0.494 e. The molecule has 2 aromatic carbocycles. The number of hydrogen-bond acceptors (Lipinski definition) is 6. The van der Waals surface area contributed by atoms with E-state index in [0.29, 0.717) is 35.2 Å². The first-order valence-corrected chi connectivity index (χ1v) is 8.76. The lowest BCUT2D eigenvalue weighted by Gasteiger charge is -2.12. The number of nitrogens with zero attached hydrogens (tertiary/aromatic N) is 4. The van der Waals surface area contributed by atoms with Crippen LogP contribution in [0.3, 0.4) is 0 Å². The van der Waals surface area contributed by atoms with E-state index in [1.165, 1.54) is 0 Å². The molecule has 0 unspecified atom stereocenters. The predicted octanol–water partition coefficient (Wildman–Crippen LogP) is 2.68. The third-order valence-corrected chi connectivity index (χ3v) is 4.55. The molecule has 3 aromatic rings. The summed E-state index contributed by atoms with van der Waals surface area (Å²) in [7, 11) is 1.59. The molecule has 1 amide bonds. The smallest absolute Gasteiger partial charge is 0.255 e. The van der Waals surface area contributed by atoms with Crippen LogP contribution in [-0.4, -0.2) is 33.2 Å². The van der Waals surface area contributed by atoms with E-state index >= 15 is 0 Å². The average molecular weight is 401 g/mol. The number of halogens is 1. The number of aromatic nitrogens is 4. The quantitative estimate of drug-likeness (QED) is 0.658. The third kappa shape index (κ3) is 3.97. The SMILES string of the molecule is COc1ccc(NC(=O)c2ccc(CN)cc2)cc1-n1nnnc1C1CC1.Cl. The van der Waals surface area contributed by atoms with Crippen molar-refractivity contribution in [3.8, 4) is 11.4 Å². The van der Waals surface area contributed by atoms with Crippen LogP contribution in [0, 0.1) is 0 Å². The minimum Gasteiger partial charge on any atom is -0.494 e. The van der Waals surface area contributed by atoms with Gasteiger partial charge in [0, 0.05) is 23.7 Å². The molecule has 1 saturated carbocycles. The van der Waals surface area contributed by atoms with Crippen molar-refractivity contribution in [2.24, 2.45) is 5.73 Å². The maximum Gasteiger partial charge on any atom is 0.255 e. The second kappa shape index (κ2) is 8.37. The molecule has 9 heteroatoms. The van der Waals surface area contributed by atoms with Crippen LogP contribution >= 0.6 is 12.4 Å². The number of anilines is 1. The van der Waals surface area contributed by atoms with Gasteiger partial charge in [0.1, 0.15) is 11.4 Å². The Morgan fingerprint density at radius 2 is 2.00 bits per heavy atom. The number of tetrazole rings is 1. The summed E-state index contributed by atoms with van der Waals surface area (Å²) in [6.07, 6.45) is 2.16. The summed E-state index contributed by atoms with van der Waals surface area (Å²) >= 11 is 0. The highest BCUT2D eigenvalue weighted by atomic mass is 35.5. The average Bonchev–Trinajstić information content (AvgIpc) is 3.44. The van der Waals surface area contributed by atoms with Gasteiger partial charge >= 0.3 is 0 Å². The zero-order chi connectivity index (χ0) is 18.8. The molecule has 1 aliphatic carbocycles. The van der Waals surface area contributed by atoms with Gasteiger partial charge in [-0.3, -0.25) is 4.79 Å². The number of ether oxygens (including phenoxy) is 1. The highest BCUT2D eigenvalue weighted by Crippen LogP contribution is 2.40. The lowest BCUT2D eigenvalue weighted by molar-refractivity contribution is 0.102. The molecule has 0 spiro atoms. The standard InChI is InChI=1S/C19H20N6O2.ClH/c1-27-17-9-8-15(21-19(26)14-4-2-12(11-20)3-5-14)10-16(17)25-18(13-6-7-13)22-23-24-25;/h2-5,8-10,13H,6-7,11,20H2,1H3,(H,21,26);1H.